The third-order valence-corrected chi connectivity index (χ3v) is 12.4. The molecule has 0 bridgehead atoms. The van der Waals surface area contributed by atoms with Crippen LogP contribution in [0.5, 0.6) is 0 Å². The summed E-state index contributed by atoms with van der Waals surface area (Å²) in [7, 11) is 0. The SMILES string of the molecule is CCCCCCCCCCCCCCCCCCOC[C@H](COP(O)(=S)OC[C@H]1O[C@@](C#N)(c2ccc3c(N)ncnn23)[C@@H]2OC(C)(C)O[C@@H]21)OCc1ccccc1. The number of benzene rings is 1. The molecular weight excluding hydrogens is 778 g/mol. The fraction of sp³-hybridized carbons (Fsp3) is 0.698. The van der Waals surface area contributed by atoms with Crippen molar-refractivity contribution in [1.82, 2.24) is 14.6 Å². The van der Waals surface area contributed by atoms with E-state index in [0.717, 1.165) is 18.4 Å². The molecule has 322 valence electrons. The zero-order chi connectivity index (χ0) is 41.3. The molecule has 6 atom stereocenters. The van der Waals surface area contributed by atoms with Crippen LogP contribution < -0.4 is 5.73 Å². The summed E-state index contributed by atoms with van der Waals surface area (Å²) in [6.45, 7) is 2.98. The topological polar surface area (TPSA) is 165 Å². The fourth-order valence-electron chi connectivity index (χ4n) is 7.75. The Hall–Kier alpha value is -2.54. The molecule has 0 aliphatic carbocycles. The number of ether oxygens (including phenoxy) is 5. The Morgan fingerprint density at radius 2 is 1.52 bits per heavy atom. The third kappa shape index (κ3) is 13.7. The number of nitrogen functional groups attached to an aromatic ring is 1. The van der Waals surface area contributed by atoms with Crippen LogP contribution in [0.15, 0.2) is 48.8 Å². The zero-order valence-electron chi connectivity index (χ0n) is 34.8. The van der Waals surface area contributed by atoms with Gasteiger partial charge in [-0.2, -0.15) is 10.4 Å². The Morgan fingerprint density at radius 1 is 0.879 bits per heavy atom. The van der Waals surface area contributed by atoms with Crippen molar-refractivity contribution in [2.45, 2.75) is 166 Å². The largest absolute Gasteiger partial charge is 0.382 e. The maximum absolute atomic E-state index is 11.2. The average Bonchev–Trinajstić information content (AvgIpc) is 3.88. The van der Waals surface area contributed by atoms with Gasteiger partial charge in [-0.1, -0.05) is 134 Å². The first kappa shape index (κ1) is 46.5. The van der Waals surface area contributed by atoms with Gasteiger partial charge in [0.1, 0.15) is 42.3 Å². The minimum atomic E-state index is -3.80. The van der Waals surface area contributed by atoms with E-state index in [4.69, 9.17) is 50.3 Å². The van der Waals surface area contributed by atoms with Crippen LogP contribution in [0.4, 0.5) is 5.82 Å². The van der Waals surface area contributed by atoms with Gasteiger partial charge >= 0.3 is 6.72 Å². The molecule has 0 spiro atoms. The summed E-state index contributed by atoms with van der Waals surface area (Å²) in [5, 5.41) is 14.9. The molecule has 2 saturated heterocycles. The second-order valence-electron chi connectivity index (χ2n) is 16.0. The van der Waals surface area contributed by atoms with Crippen LogP contribution in [0.3, 0.4) is 0 Å². The number of nitrogens with two attached hydrogens (primary N) is 1. The van der Waals surface area contributed by atoms with E-state index in [-0.39, 0.29) is 25.6 Å². The van der Waals surface area contributed by atoms with Gasteiger partial charge < -0.3 is 43.4 Å². The lowest BCUT2D eigenvalue weighted by atomic mass is 9.92. The van der Waals surface area contributed by atoms with Gasteiger partial charge in [0.15, 0.2) is 11.6 Å². The lowest BCUT2D eigenvalue weighted by Gasteiger charge is -2.29. The van der Waals surface area contributed by atoms with Crippen LogP contribution in [0.2, 0.25) is 0 Å². The first-order valence-electron chi connectivity index (χ1n) is 21.5. The molecule has 1 unspecified atom stereocenters. The molecule has 2 aliphatic rings. The highest BCUT2D eigenvalue weighted by atomic mass is 32.5. The Kier molecular flexibility index (Phi) is 18.8. The number of anilines is 1. The number of rotatable bonds is 29. The van der Waals surface area contributed by atoms with E-state index in [1.807, 2.05) is 30.3 Å². The molecule has 2 aliphatic heterocycles. The monoisotopic (exact) mass is 843 g/mol. The first-order valence-corrected chi connectivity index (χ1v) is 24.0. The Morgan fingerprint density at radius 3 is 2.16 bits per heavy atom. The molecule has 58 heavy (non-hydrogen) atoms. The molecule has 2 fully saturated rings. The minimum Gasteiger partial charge on any atom is -0.382 e. The fourth-order valence-corrected chi connectivity index (χ4v) is 8.88. The van der Waals surface area contributed by atoms with E-state index in [0.29, 0.717) is 24.4 Å². The van der Waals surface area contributed by atoms with Crippen LogP contribution in [0.1, 0.15) is 135 Å². The van der Waals surface area contributed by atoms with Gasteiger partial charge in [0.25, 0.3) is 0 Å². The van der Waals surface area contributed by atoms with Gasteiger partial charge in [0.2, 0.25) is 5.60 Å². The maximum atomic E-state index is 11.2. The highest BCUT2D eigenvalue weighted by molar-refractivity contribution is 8.07. The lowest BCUT2D eigenvalue weighted by molar-refractivity contribution is -0.204. The smallest absolute Gasteiger partial charge is 0.324 e. The van der Waals surface area contributed by atoms with Crippen molar-refractivity contribution >= 4 is 29.9 Å². The number of nitriles is 1. The summed E-state index contributed by atoms with van der Waals surface area (Å²) in [6.07, 6.45) is 19.5. The number of hydrogen-bond donors (Lipinski definition) is 2. The molecular formula is C43H66N5O8PS. The maximum Gasteiger partial charge on any atom is 0.324 e. The molecule has 0 radical (unpaired) electrons. The number of nitrogens with zero attached hydrogens (tertiary/aromatic N) is 4. The molecule has 1 aromatic carbocycles. The second-order valence-corrected chi connectivity index (χ2v) is 18.9. The van der Waals surface area contributed by atoms with Crippen molar-refractivity contribution in [2.75, 3.05) is 32.2 Å². The lowest BCUT2D eigenvalue weighted by Crippen LogP contribution is -2.40. The van der Waals surface area contributed by atoms with Gasteiger partial charge in [-0.25, -0.2) is 9.50 Å². The second kappa shape index (κ2) is 23.5. The quantitative estimate of drug-likeness (QED) is 0.0503. The molecule has 0 saturated carbocycles. The molecule has 0 amide bonds. The number of aromatic nitrogens is 3. The molecule has 5 rings (SSSR count). The molecule has 2 aromatic heterocycles. The number of unbranched alkanes of at least 4 members (excludes halogenated alkanes) is 15. The molecule has 3 N–H and O–H groups in total. The van der Waals surface area contributed by atoms with Crippen LogP contribution >= 0.6 is 6.72 Å². The van der Waals surface area contributed by atoms with Crippen molar-refractivity contribution in [2.24, 2.45) is 0 Å². The summed E-state index contributed by atoms with van der Waals surface area (Å²) in [5.41, 5.74) is 6.36. The van der Waals surface area contributed by atoms with E-state index < -0.39 is 42.5 Å². The summed E-state index contributed by atoms with van der Waals surface area (Å²) in [6, 6.07) is 15.6. The van der Waals surface area contributed by atoms with Gasteiger partial charge in [0.05, 0.1) is 32.1 Å². The predicted octanol–water partition coefficient (Wildman–Crippen LogP) is 9.06. The van der Waals surface area contributed by atoms with Crippen LogP contribution in [0.25, 0.3) is 5.52 Å². The summed E-state index contributed by atoms with van der Waals surface area (Å²) in [5.74, 6) is -0.770. The molecule has 13 nitrogen and oxygen atoms in total. The predicted molar refractivity (Wildman–Crippen MR) is 227 cm³/mol. The Labute approximate surface area is 350 Å². The van der Waals surface area contributed by atoms with E-state index in [9.17, 15) is 10.2 Å². The average molecular weight is 844 g/mol. The number of hydrogen-bond acceptors (Lipinski definition) is 12. The van der Waals surface area contributed by atoms with Crippen LogP contribution in [-0.2, 0) is 56.7 Å². The van der Waals surface area contributed by atoms with Crippen LogP contribution in [0, 0.1) is 11.3 Å². The summed E-state index contributed by atoms with van der Waals surface area (Å²) < 4.78 is 44.3. The molecule has 3 aromatic rings. The summed E-state index contributed by atoms with van der Waals surface area (Å²) in [4.78, 5) is 15.2. The summed E-state index contributed by atoms with van der Waals surface area (Å²) >= 11 is 5.44. The van der Waals surface area contributed by atoms with Crippen molar-refractivity contribution in [3.8, 4) is 6.07 Å². The van der Waals surface area contributed by atoms with E-state index in [1.165, 1.54) is 101 Å². The van der Waals surface area contributed by atoms with Gasteiger partial charge in [-0.05, 0) is 49.8 Å². The Bertz CT molecular complexity index is 1740. The first-order chi connectivity index (χ1) is 28.1. The van der Waals surface area contributed by atoms with Crippen LogP contribution in [-0.4, -0.2) is 76.1 Å². The highest BCUT2D eigenvalue weighted by Crippen LogP contribution is 2.51. The van der Waals surface area contributed by atoms with Gasteiger partial charge in [-0.15, -0.1) is 0 Å². The molecule has 15 heteroatoms. The Balaban J connectivity index is 1.04. The van der Waals surface area contributed by atoms with Crippen molar-refractivity contribution in [3.05, 3.63) is 60.0 Å². The van der Waals surface area contributed by atoms with E-state index in [2.05, 4.69) is 23.1 Å². The van der Waals surface area contributed by atoms with Gasteiger partial charge in [0, 0.05) is 6.61 Å². The third-order valence-electron chi connectivity index (χ3n) is 10.9. The highest BCUT2D eigenvalue weighted by Gasteiger charge is 2.65. The van der Waals surface area contributed by atoms with Crippen molar-refractivity contribution < 1.29 is 37.6 Å². The molecule has 4 heterocycles. The van der Waals surface area contributed by atoms with E-state index in [1.54, 1.807) is 26.0 Å². The van der Waals surface area contributed by atoms with Crippen molar-refractivity contribution in [3.63, 3.8) is 0 Å². The number of fused-ring (bicyclic) bond motifs is 2. The van der Waals surface area contributed by atoms with E-state index >= 15 is 0 Å². The standard InChI is InChI=1S/C43H66N5O8PS/c1-4-5-6-7-8-9-10-11-12-13-14-15-16-17-18-22-27-50-29-35(51-28-34-23-20-19-21-24-34)30-52-57(49,58)53-31-37-39-40(56-42(2,3)55-39)43(32-44,54-37)38-26-25-36-41(45)46-33-47-48(36)38/h19-21,23-26,33,35,37,39-40H,4-18,22,27-31H2,1-3H3,(H,49,58)(H2,45,46,47)/t35-,37-,39-,40-,43+,57?/m1/s1. The normalized spacial score (nSPS) is 22.8. The van der Waals surface area contributed by atoms with Crippen molar-refractivity contribution in [1.29, 1.82) is 5.26 Å². The minimum absolute atomic E-state index is 0.0385. The zero-order valence-corrected chi connectivity index (χ0v) is 36.5. The van der Waals surface area contributed by atoms with Gasteiger partial charge in [-0.3, -0.25) is 0 Å².